The second kappa shape index (κ2) is 3.05. The van der Waals surface area contributed by atoms with E-state index in [1.54, 1.807) is 11.3 Å². The highest BCUT2D eigenvalue weighted by Gasteiger charge is 2.28. The summed E-state index contributed by atoms with van der Waals surface area (Å²) in [6.07, 6.45) is 2.77. The lowest BCUT2D eigenvalue weighted by molar-refractivity contribution is 0.693. The molecule has 0 spiro atoms. The van der Waals surface area contributed by atoms with Crippen LogP contribution < -0.4 is 5.32 Å². The smallest absolute Gasteiger partial charge is 0.183 e. The lowest BCUT2D eigenvalue weighted by Gasteiger charge is -2.10. The third-order valence-electron chi connectivity index (χ3n) is 2.30. The minimum atomic E-state index is 0.607. The van der Waals surface area contributed by atoms with E-state index >= 15 is 0 Å². The number of thiazole rings is 1. The van der Waals surface area contributed by atoms with Crippen molar-refractivity contribution in [1.29, 1.82) is 0 Å². The first-order valence-corrected chi connectivity index (χ1v) is 5.32. The lowest BCUT2D eigenvalue weighted by Crippen LogP contribution is -2.16. The number of rotatable bonds is 3. The lowest BCUT2D eigenvalue weighted by atomic mass is 10.2. The Morgan fingerprint density at radius 2 is 2.42 bits per heavy atom. The summed E-state index contributed by atoms with van der Waals surface area (Å²) in [6, 6.07) is 0.607. The van der Waals surface area contributed by atoms with E-state index in [1.807, 2.05) is 6.92 Å². The standard InChI is InChI=1S/C9H14N2S/c1-6-5-12-9(10-6)11-7(2)8-3-4-8/h5,7-8H,3-4H2,1-2H3,(H,10,11). The van der Waals surface area contributed by atoms with Crippen LogP contribution in [0.15, 0.2) is 5.38 Å². The largest absolute Gasteiger partial charge is 0.359 e. The average molecular weight is 182 g/mol. The predicted molar refractivity (Wildman–Crippen MR) is 52.7 cm³/mol. The quantitative estimate of drug-likeness (QED) is 0.777. The number of nitrogens with zero attached hydrogens (tertiary/aromatic N) is 1. The maximum atomic E-state index is 4.37. The molecule has 1 atom stereocenters. The highest BCUT2D eigenvalue weighted by atomic mass is 32.1. The van der Waals surface area contributed by atoms with Gasteiger partial charge in [0, 0.05) is 11.4 Å². The molecule has 66 valence electrons. The molecule has 1 fully saturated rings. The summed E-state index contributed by atoms with van der Waals surface area (Å²) in [4.78, 5) is 4.37. The Bertz CT molecular complexity index is 265. The minimum absolute atomic E-state index is 0.607. The third-order valence-corrected chi connectivity index (χ3v) is 3.19. The molecule has 0 radical (unpaired) electrons. The van der Waals surface area contributed by atoms with E-state index in [9.17, 15) is 0 Å². The van der Waals surface area contributed by atoms with Crippen LogP contribution in [0.25, 0.3) is 0 Å². The van der Waals surface area contributed by atoms with Crippen LogP contribution in [0, 0.1) is 12.8 Å². The Hall–Kier alpha value is -0.570. The summed E-state index contributed by atoms with van der Waals surface area (Å²) in [6.45, 7) is 4.28. The van der Waals surface area contributed by atoms with Crippen LogP contribution in [0.3, 0.4) is 0 Å². The highest BCUT2D eigenvalue weighted by Crippen LogP contribution is 2.34. The molecule has 0 aromatic carbocycles. The molecule has 12 heavy (non-hydrogen) atoms. The van der Waals surface area contributed by atoms with Gasteiger partial charge in [-0.2, -0.15) is 0 Å². The monoisotopic (exact) mass is 182 g/mol. The number of aromatic nitrogens is 1. The fourth-order valence-electron chi connectivity index (χ4n) is 1.33. The molecule has 1 aliphatic carbocycles. The molecule has 1 N–H and O–H groups in total. The second-order valence-corrected chi connectivity index (χ2v) is 4.42. The van der Waals surface area contributed by atoms with Gasteiger partial charge in [-0.05, 0) is 32.6 Å². The predicted octanol–water partition coefficient (Wildman–Crippen LogP) is 2.66. The van der Waals surface area contributed by atoms with Crippen LogP contribution >= 0.6 is 11.3 Å². The van der Waals surface area contributed by atoms with Crippen LogP contribution in [0.2, 0.25) is 0 Å². The van der Waals surface area contributed by atoms with Crippen molar-refractivity contribution in [1.82, 2.24) is 4.98 Å². The van der Waals surface area contributed by atoms with Gasteiger partial charge in [0.05, 0.1) is 5.69 Å². The summed E-state index contributed by atoms with van der Waals surface area (Å²) in [7, 11) is 0. The van der Waals surface area contributed by atoms with Crippen molar-refractivity contribution in [2.24, 2.45) is 5.92 Å². The molecule has 1 aromatic heterocycles. The van der Waals surface area contributed by atoms with E-state index in [0.29, 0.717) is 6.04 Å². The first-order valence-electron chi connectivity index (χ1n) is 4.44. The molecule has 1 saturated carbocycles. The van der Waals surface area contributed by atoms with Crippen molar-refractivity contribution >= 4 is 16.5 Å². The van der Waals surface area contributed by atoms with Gasteiger partial charge in [-0.15, -0.1) is 11.3 Å². The van der Waals surface area contributed by atoms with Crippen LogP contribution in [-0.4, -0.2) is 11.0 Å². The zero-order valence-corrected chi connectivity index (χ0v) is 8.32. The number of aryl methyl sites for hydroxylation is 1. The van der Waals surface area contributed by atoms with Gasteiger partial charge in [0.1, 0.15) is 0 Å². The SMILES string of the molecule is Cc1csc(NC(C)C2CC2)n1. The van der Waals surface area contributed by atoms with Gasteiger partial charge in [-0.1, -0.05) is 0 Å². The molecule has 1 aromatic rings. The van der Waals surface area contributed by atoms with Crippen molar-refractivity contribution in [3.05, 3.63) is 11.1 Å². The molecule has 0 saturated heterocycles. The third kappa shape index (κ3) is 1.78. The molecular weight excluding hydrogens is 168 g/mol. The van der Waals surface area contributed by atoms with E-state index in [1.165, 1.54) is 12.8 Å². The van der Waals surface area contributed by atoms with E-state index in [-0.39, 0.29) is 0 Å². The highest BCUT2D eigenvalue weighted by molar-refractivity contribution is 7.13. The Balaban J connectivity index is 1.93. The molecular formula is C9H14N2S. The number of hydrogen-bond donors (Lipinski definition) is 1. The summed E-state index contributed by atoms with van der Waals surface area (Å²) in [5.41, 5.74) is 1.12. The zero-order chi connectivity index (χ0) is 8.55. The van der Waals surface area contributed by atoms with Crippen molar-refractivity contribution in [2.45, 2.75) is 32.7 Å². The van der Waals surface area contributed by atoms with Crippen LogP contribution in [0.4, 0.5) is 5.13 Å². The van der Waals surface area contributed by atoms with Crippen LogP contribution in [0.5, 0.6) is 0 Å². The van der Waals surface area contributed by atoms with Gasteiger partial charge >= 0.3 is 0 Å². The first kappa shape index (κ1) is 8.05. The maximum Gasteiger partial charge on any atom is 0.183 e. The Morgan fingerprint density at radius 3 is 2.92 bits per heavy atom. The average Bonchev–Trinajstić information content (AvgIpc) is 2.78. The summed E-state index contributed by atoms with van der Waals surface area (Å²) < 4.78 is 0. The van der Waals surface area contributed by atoms with Crippen molar-refractivity contribution in [2.75, 3.05) is 5.32 Å². The molecule has 2 rings (SSSR count). The number of anilines is 1. The zero-order valence-electron chi connectivity index (χ0n) is 7.50. The van der Waals surface area contributed by atoms with Gasteiger partial charge < -0.3 is 5.32 Å². The van der Waals surface area contributed by atoms with Gasteiger partial charge in [0.15, 0.2) is 5.13 Å². The van der Waals surface area contributed by atoms with Crippen molar-refractivity contribution < 1.29 is 0 Å². The van der Waals surface area contributed by atoms with E-state index in [2.05, 4.69) is 22.6 Å². The summed E-state index contributed by atoms with van der Waals surface area (Å²) >= 11 is 1.70. The van der Waals surface area contributed by atoms with Gasteiger partial charge in [-0.3, -0.25) is 0 Å². The first-order chi connectivity index (χ1) is 5.75. The second-order valence-electron chi connectivity index (χ2n) is 3.56. The van der Waals surface area contributed by atoms with Gasteiger partial charge in [0.25, 0.3) is 0 Å². The molecule has 0 bridgehead atoms. The maximum absolute atomic E-state index is 4.37. The van der Waals surface area contributed by atoms with Gasteiger partial charge in [-0.25, -0.2) is 4.98 Å². The number of hydrogen-bond acceptors (Lipinski definition) is 3. The molecule has 3 heteroatoms. The molecule has 1 unspecified atom stereocenters. The minimum Gasteiger partial charge on any atom is -0.359 e. The van der Waals surface area contributed by atoms with Crippen molar-refractivity contribution in [3.63, 3.8) is 0 Å². The van der Waals surface area contributed by atoms with E-state index in [4.69, 9.17) is 0 Å². The fraction of sp³-hybridized carbons (Fsp3) is 0.667. The van der Waals surface area contributed by atoms with Crippen LogP contribution in [-0.2, 0) is 0 Å². The number of nitrogens with one attached hydrogen (secondary N) is 1. The fourth-order valence-corrected chi connectivity index (χ4v) is 2.11. The van der Waals surface area contributed by atoms with Gasteiger partial charge in [0.2, 0.25) is 0 Å². The topological polar surface area (TPSA) is 24.9 Å². The summed E-state index contributed by atoms with van der Waals surface area (Å²) in [5, 5.41) is 6.59. The Labute approximate surface area is 77.0 Å². The molecule has 0 aliphatic heterocycles. The van der Waals surface area contributed by atoms with E-state index in [0.717, 1.165) is 16.7 Å². The van der Waals surface area contributed by atoms with Crippen molar-refractivity contribution in [3.8, 4) is 0 Å². The molecule has 1 heterocycles. The molecule has 0 amide bonds. The van der Waals surface area contributed by atoms with E-state index < -0.39 is 0 Å². The molecule has 2 nitrogen and oxygen atoms in total. The molecule has 1 aliphatic rings. The normalized spacial score (nSPS) is 19.2. The Morgan fingerprint density at radius 1 is 1.67 bits per heavy atom. The van der Waals surface area contributed by atoms with Crippen LogP contribution in [0.1, 0.15) is 25.5 Å². The Kier molecular flexibility index (Phi) is 2.05. The summed E-state index contributed by atoms with van der Waals surface area (Å²) in [5.74, 6) is 0.897.